The van der Waals surface area contributed by atoms with Gasteiger partial charge in [-0.3, -0.25) is 4.79 Å². The van der Waals surface area contributed by atoms with Crippen molar-refractivity contribution < 1.29 is 9.53 Å². The summed E-state index contributed by atoms with van der Waals surface area (Å²) in [6, 6.07) is 7.78. The summed E-state index contributed by atoms with van der Waals surface area (Å²) in [7, 11) is 0. The van der Waals surface area contributed by atoms with Crippen molar-refractivity contribution in [2.24, 2.45) is 11.1 Å². The van der Waals surface area contributed by atoms with E-state index in [4.69, 9.17) is 10.5 Å². The lowest BCUT2D eigenvalue weighted by atomic mass is 9.67. The second-order valence-corrected chi connectivity index (χ2v) is 5.94. The van der Waals surface area contributed by atoms with E-state index in [0.717, 1.165) is 22.9 Å². The average Bonchev–Trinajstić information content (AvgIpc) is 2.31. The van der Waals surface area contributed by atoms with Crippen LogP contribution in [0.15, 0.2) is 28.7 Å². The van der Waals surface area contributed by atoms with E-state index in [9.17, 15) is 4.79 Å². The summed E-state index contributed by atoms with van der Waals surface area (Å²) < 4.78 is 6.29. The SMILES string of the molecule is NCC1(CC(=O)OCc2cccc(Br)c2)CCC1. The number of hydrogen-bond acceptors (Lipinski definition) is 3. The smallest absolute Gasteiger partial charge is 0.306 e. The van der Waals surface area contributed by atoms with E-state index in [2.05, 4.69) is 15.9 Å². The van der Waals surface area contributed by atoms with Gasteiger partial charge in [0.15, 0.2) is 0 Å². The Morgan fingerprint density at radius 2 is 2.22 bits per heavy atom. The minimum atomic E-state index is -0.139. The van der Waals surface area contributed by atoms with Crippen LogP contribution >= 0.6 is 15.9 Å². The molecule has 0 aromatic heterocycles. The number of rotatable bonds is 5. The number of carbonyl (C=O) groups is 1. The molecular formula is C14H18BrNO2. The van der Waals surface area contributed by atoms with E-state index >= 15 is 0 Å². The highest BCUT2D eigenvalue weighted by Crippen LogP contribution is 2.43. The summed E-state index contributed by atoms with van der Waals surface area (Å²) in [6.45, 7) is 0.915. The van der Waals surface area contributed by atoms with Gasteiger partial charge in [-0.1, -0.05) is 34.5 Å². The minimum absolute atomic E-state index is 0.0222. The maximum Gasteiger partial charge on any atom is 0.306 e. The van der Waals surface area contributed by atoms with Gasteiger partial charge in [0, 0.05) is 4.47 Å². The minimum Gasteiger partial charge on any atom is -0.461 e. The highest BCUT2D eigenvalue weighted by molar-refractivity contribution is 9.10. The predicted octanol–water partition coefficient (Wildman–Crippen LogP) is 3.01. The Balaban J connectivity index is 1.81. The standard InChI is InChI=1S/C14H18BrNO2/c15-12-4-1-3-11(7-12)9-18-13(17)8-14(10-16)5-2-6-14/h1,3-4,7H,2,5-6,8-10,16H2. The van der Waals surface area contributed by atoms with Crippen molar-refractivity contribution in [1.82, 2.24) is 0 Å². The van der Waals surface area contributed by atoms with Crippen LogP contribution in [0, 0.1) is 5.41 Å². The van der Waals surface area contributed by atoms with Gasteiger partial charge in [0.25, 0.3) is 0 Å². The van der Waals surface area contributed by atoms with Gasteiger partial charge in [-0.05, 0) is 42.5 Å². The van der Waals surface area contributed by atoms with E-state index in [1.54, 1.807) is 0 Å². The van der Waals surface area contributed by atoms with E-state index in [0.29, 0.717) is 19.6 Å². The molecule has 98 valence electrons. The van der Waals surface area contributed by atoms with Gasteiger partial charge in [-0.25, -0.2) is 0 Å². The third-order valence-electron chi connectivity index (χ3n) is 3.66. The number of benzene rings is 1. The van der Waals surface area contributed by atoms with Crippen LogP contribution < -0.4 is 5.73 Å². The Morgan fingerprint density at radius 3 is 2.78 bits per heavy atom. The first-order valence-corrected chi connectivity index (χ1v) is 7.03. The lowest BCUT2D eigenvalue weighted by Crippen LogP contribution is -2.39. The summed E-state index contributed by atoms with van der Waals surface area (Å²) in [5, 5.41) is 0. The molecule has 18 heavy (non-hydrogen) atoms. The molecule has 0 aliphatic heterocycles. The van der Waals surface area contributed by atoms with Crippen molar-refractivity contribution in [3.8, 4) is 0 Å². The first kappa shape index (κ1) is 13.6. The molecule has 0 radical (unpaired) electrons. The molecule has 1 saturated carbocycles. The van der Waals surface area contributed by atoms with Crippen molar-refractivity contribution in [1.29, 1.82) is 0 Å². The molecule has 1 aromatic rings. The molecule has 0 saturated heterocycles. The van der Waals surface area contributed by atoms with Crippen LogP contribution in [0.2, 0.25) is 0 Å². The van der Waals surface area contributed by atoms with E-state index in [1.165, 1.54) is 6.42 Å². The monoisotopic (exact) mass is 311 g/mol. The summed E-state index contributed by atoms with van der Waals surface area (Å²) in [5.41, 5.74) is 6.75. The van der Waals surface area contributed by atoms with Crippen molar-refractivity contribution in [3.05, 3.63) is 34.3 Å². The van der Waals surface area contributed by atoms with Crippen molar-refractivity contribution in [2.75, 3.05) is 6.54 Å². The summed E-state index contributed by atoms with van der Waals surface area (Å²) in [4.78, 5) is 11.8. The topological polar surface area (TPSA) is 52.3 Å². The predicted molar refractivity (Wildman–Crippen MR) is 73.9 cm³/mol. The molecule has 0 unspecified atom stereocenters. The fourth-order valence-corrected chi connectivity index (χ4v) is 2.72. The van der Waals surface area contributed by atoms with Gasteiger partial charge < -0.3 is 10.5 Å². The first-order chi connectivity index (χ1) is 8.63. The van der Waals surface area contributed by atoms with Crippen LogP contribution in [0.1, 0.15) is 31.2 Å². The van der Waals surface area contributed by atoms with Crippen LogP contribution in [-0.2, 0) is 16.1 Å². The zero-order valence-electron chi connectivity index (χ0n) is 10.3. The molecule has 0 atom stereocenters. The van der Waals surface area contributed by atoms with Gasteiger partial charge in [-0.2, -0.15) is 0 Å². The quantitative estimate of drug-likeness (QED) is 0.850. The number of halogens is 1. The number of carbonyl (C=O) groups excluding carboxylic acids is 1. The van der Waals surface area contributed by atoms with E-state index in [-0.39, 0.29) is 11.4 Å². The molecular weight excluding hydrogens is 294 g/mol. The third-order valence-corrected chi connectivity index (χ3v) is 4.15. The summed E-state index contributed by atoms with van der Waals surface area (Å²) in [5.74, 6) is -0.139. The second kappa shape index (κ2) is 5.85. The Hall–Kier alpha value is -0.870. The Bertz CT molecular complexity index is 424. The molecule has 2 N–H and O–H groups in total. The van der Waals surface area contributed by atoms with Gasteiger partial charge in [-0.15, -0.1) is 0 Å². The molecule has 2 rings (SSSR count). The first-order valence-electron chi connectivity index (χ1n) is 6.24. The summed E-state index contributed by atoms with van der Waals surface area (Å²) in [6.07, 6.45) is 3.73. The van der Waals surface area contributed by atoms with Gasteiger partial charge in [0.05, 0.1) is 6.42 Å². The van der Waals surface area contributed by atoms with Crippen LogP contribution in [-0.4, -0.2) is 12.5 Å². The normalized spacial score (nSPS) is 17.0. The van der Waals surface area contributed by atoms with Gasteiger partial charge >= 0.3 is 5.97 Å². The molecule has 1 aliphatic rings. The van der Waals surface area contributed by atoms with Crippen molar-refractivity contribution >= 4 is 21.9 Å². The number of esters is 1. The average molecular weight is 312 g/mol. The lowest BCUT2D eigenvalue weighted by Gasteiger charge is -2.40. The molecule has 0 amide bonds. The van der Waals surface area contributed by atoms with Crippen LogP contribution in [0.5, 0.6) is 0 Å². The van der Waals surface area contributed by atoms with Gasteiger partial charge in [0.2, 0.25) is 0 Å². The molecule has 1 aliphatic carbocycles. The third kappa shape index (κ3) is 3.33. The molecule has 1 fully saturated rings. The molecule has 0 bridgehead atoms. The zero-order chi connectivity index (χ0) is 13.0. The van der Waals surface area contributed by atoms with E-state index < -0.39 is 0 Å². The molecule has 4 heteroatoms. The molecule has 1 aromatic carbocycles. The number of nitrogens with two attached hydrogens (primary N) is 1. The van der Waals surface area contributed by atoms with Crippen molar-refractivity contribution in [2.45, 2.75) is 32.3 Å². The van der Waals surface area contributed by atoms with Gasteiger partial charge in [0.1, 0.15) is 6.61 Å². The molecule has 0 spiro atoms. The Morgan fingerprint density at radius 1 is 1.44 bits per heavy atom. The highest BCUT2D eigenvalue weighted by Gasteiger charge is 2.38. The van der Waals surface area contributed by atoms with Crippen LogP contribution in [0.4, 0.5) is 0 Å². The second-order valence-electron chi connectivity index (χ2n) is 5.03. The largest absolute Gasteiger partial charge is 0.461 e. The Labute approximate surface area is 116 Å². The fraction of sp³-hybridized carbons (Fsp3) is 0.500. The van der Waals surface area contributed by atoms with Crippen LogP contribution in [0.25, 0.3) is 0 Å². The Kier molecular flexibility index (Phi) is 4.40. The zero-order valence-corrected chi connectivity index (χ0v) is 11.9. The summed E-state index contributed by atoms with van der Waals surface area (Å²) >= 11 is 3.39. The fourth-order valence-electron chi connectivity index (χ4n) is 2.28. The van der Waals surface area contributed by atoms with E-state index in [1.807, 2.05) is 24.3 Å². The lowest BCUT2D eigenvalue weighted by molar-refractivity contribution is -0.149. The molecule has 3 nitrogen and oxygen atoms in total. The number of ether oxygens (including phenoxy) is 1. The highest BCUT2D eigenvalue weighted by atomic mass is 79.9. The molecule has 0 heterocycles. The maximum atomic E-state index is 11.8. The maximum absolute atomic E-state index is 11.8. The number of hydrogen-bond donors (Lipinski definition) is 1. The van der Waals surface area contributed by atoms with Crippen LogP contribution in [0.3, 0.4) is 0 Å². The van der Waals surface area contributed by atoms with Crippen molar-refractivity contribution in [3.63, 3.8) is 0 Å².